The number of amides is 1. The lowest BCUT2D eigenvalue weighted by molar-refractivity contribution is -0.116. The van der Waals surface area contributed by atoms with Gasteiger partial charge in [0.2, 0.25) is 0 Å². The Morgan fingerprint density at radius 2 is 1.72 bits per heavy atom. The van der Waals surface area contributed by atoms with E-state index < -0.39 is 23.5 Å². The third-order valence-corrected chi connectivity index (χ3v) is 6.94. The summed E-state index contributed by atoms with van der Waals surface area (Å²) in [6.07, 6.45) is 0.920. The minimum Gasteiger partial charge on any atom is -0.362 e. The SMILES string of the molecule is CC1=C(C(=O)Nc2ccc(F)cc2F)[C@H](c2cccc(Cl)c2)C2=C(C[C@H](c3ccccc3)CC2=O)N1. The van der Waals surface area contributed by atoms with Crippen molar-refractivity contribution < 1.29 is 18.4 Å². The third kappa shape index (κ3) is 4.56. The zero-order valence-corrected chi connectivity index (χ0v) is 20.2. The topological polar surface area (TPSA) is 58.2 Å². The van der Waals surface area contributed by atoms with Gasteiger partial charge in [-0.05, 0) is 54.7 Å². The van der Waals surface area contributed by atoms with Gasteiger partial charge >= 0.3 is 0 Å². The fourth-order valence-corrected chi connectivity index (χ4v) is 5.30. The van der Waals surface area contributed by atoms with Crippen LogP contribution in [0.3, 0.4) is 0 Å². The Morgan fingerprint density at radius 3 is 2.44 bits per heavy atom. The fourth-order valence-electron chi connectivity index (χ4n) is 5.10. The van der Waals surface area contributed by atoms with Gasteiger partial charge < -0.3 is 10.6 Å². The van der Waals surface area contributed by atoms with Crippen LogP contribution < -0.4 is 10.6 Å². The number of rotatable bonds is 4. The number of hydrogen-bond acceptors (Lipinski definition) is 3. The first-order valence-corrected chi connectivity index (χ1v) is 12.0. The molecule has 2 atom stereocenters. The molecule has 0 radical (unpaired) electrons. The van der Waals surface area contributed by atoms with Crippen LogP contribution in [0, 0.1) is 11.6 Å². The molecule has 1 aliphatic carbocycles. The van der Waals surface area contributed by atoms with Crippen molar-refractivity contribution in [3.8, 4) is 0 Å². The van der Waals surface area contributed by atoms with Gasteiger partial charge in [0, 0.05) is 46.0 Å². The van der Waals surface area contributed by atoms with E-state index in [0.717, 1.165) is 17.3 Å². The molecule has 7 heteroatoms. The number of nitrogens with one attached hydrogen (secondary N) is 2. The molecule has 0 fully saturated rings. The average molecular weight is 505 g/mol. The van der Waals surface area contributed by atoms with Gasteiger partial charge in [-0.3, -0.25) is 9.59 Å². The fraction of sp³-hybridized carbons (Fsp3) is 0.172. The molecule has 2 N–H and O–H groups in total. The van der Waals surface area contributed by atoms with E-state index in [2.05, 4.69) is 10.6 Å². The average Bonchev–Trinajstić information content (AvgIpc) is 2.85. The monoisotopic (exact) mass is 504 g/mol. The molecule has 0 unspecified atom stereocenters. The molecular weight excluding hydrogens is 482 g/mol. The number of benzene rings is 3. The quantitative estimate of drug-likeness (QED) is 0.420. The summed E-state index contributed by atoms with van der Waals surface area (Å²) in [5.41, 5.74) is 3.74. The maximum atomic E-state index is 14.3. The van der Waals surface area contributed by atoms with Crippen LogP contribution in [0.15, 0.2) is 95.3 Å². The molecule has 3 aromatic carbocycles. The van der Waals surface area contributed by atoms with Crippen molar-refractivity contribution >= 4 is 29.0 Å². The van der Waals surface area contributed by atoms with Gasteiger partial charge in [-0.2, -0.15) is 0 Å². The minimum atomic E-state index is -0.885. The van der Waals surface area contributed by atoms with E-state index in [9.17, 15) is 18.4 Å². The molecule has 3 aromatic rings. The van der Waals surface area contributed by atoms with Crippen molar-refractivity contribution in [3.63, 3.8) is 0 Å². The number of anilines is 1. The molecule has 0 aromatic heterocycles. The molecule has 182 valence electrons. The Labute approximate surface area is 212 Å². The molecule has 5 rings (SSSR count). The van der Waals surface area contributed by atoms with Gasteiger partial charge in [-0.25, -0.2) is 8.78 Å². The van der Waals surface area contributed by atoms with E-state index in [4.69, 9.17) is 11.6 Å². The molecule has 2 aliphatic rings. The van der Waals surface area contributed by atoms with Gasteiger partial charge in [0.1, 0.15) is 11.6 Å². The zero-order chi connectivity index (χ0) is 25.4. The highest BCUT2D eigenvalue weighted by molar-refractivity contribution is 6.30. The third-order valence-electron chi connectivity index (χ3n) is 6.70. The van der Waals surface area contributed by atoms with Crippen molar-refractivity contribution in [3.05, 3.63) is 123 Å². The van der Waals surface area contributed by atoms with Crippen LogP contribution in [0.25, 0.3) is 0 Å². The molecule has 0 saturated carbocycles. The van der Waals surface area contributed by atoms with Crippen LogP contribution in [-0.2, 0) is 9.59 Å². The van der Waals surface area contributed by atoms with E-state index in [0.29, 0.717) is 40.8 Å². The first-order chi connectivity index (χ1) is 17.3. The molecule has 4 nitrogen and oxygen atoms in total. The number of allylic oxidation sites excluding steroid dienone is 3. The summed E-state index contributed by atoms with van der Waals surface area (Å²) in [7, 11) is 0. The number of Topliss-reactive ketones (excluding diaryl/α,β-unsaturated/α-hetero) is 1. The van der Waals surface area contributed by atoms with E-state index in [-0.39, 0.29) is 23.0 Å². The summed E-state index contributed by atoms with van der Waals surface area (Å²) in [6.45, 7) is 1.76. The van der Waals surface area contributed by atoms with Crippen LogP contribution >= 0.6 is 11.6 Å². The Kier molecular flexibility index (Phi) is 6.46. The van der Waals surface area contributed by atoms with Crippen molar-refractivity contribution in [2.24, 2.45) is 0 Å². The maximum Gasteiger partial charge on any atom is 0.254 e. The number of ketones is 1. The van der Waals surface area contributed by atoms with Gasteiger partial charge in [0.05, 0.1) is 5.69 Å². The Bertz CT molecular complexity index is 1430. The van der Waals surface area contributed by atoms with E-state index >= 15 is 0 Å². The lowest BCUT2D eigenvalue weighted by atomic mass is 9.71. The summed E-state index contributed by atoms with van der Waals surface area (Å²) in [6, 6.07) is 19.9. The van der Waals surface area contributed by atoms with E-state index in [1.807, 2.05) is 36.4 Å². The van der Waals surface area contributed by atoms with Gasteiger partial charge in [0.25, 0.3) is 5.91 Å². The Morgan fingerprint density at radius 1 is 0.972 bits per heavy atom. The predicted molar refractivity (Wildman–Crippen MR) is 135 cm³/mol. The molecule has 36 heavy (non-hydrogen) atoms. The summed E-state index contributed by atoms with van der Waals surface area (Å²) < 4.78 is 27.7. The van der Waals surface area contributed by atoms with Crippen molar-refractivity contribution in [2.75, 3.05) is 5.32 Å². The van der Waals surface area contributed by atoms with Crippen LogP contribution in [0.5, 0.6) is 0 Å². The van der Waals surface area contributed by atoms with Gasteiger partial charge in [0.15, 0.2) is 5.78 Å². The van der Waals surface area contributed by atoms with Crippen molar-refractivity contribution in [1.29, 1.82) is 0 Å². The summed E-state index contributed by atoms with van der Waals surface area (Å²) >= 11 is 6.29. The van der Waals surface area contributed by atoms with Crippen LogP contribution in [0.2, 0.25) is 5.02 Å². The number of halogens is 3. The van der Waals surface area contributed by atoms with Crippen LogP contribution in [-0.4, -0.2) is 11.7 Å². The molecule has 0 bridgehead atoms. The number of carbonyl (C=O) groups excluding carboxylic acids is 2. The molecule has 0 saturated heterocycles. The highest BCUT2D eigenvalue weighted by Crippen LogP contribution is 2.46. The molecule has 0 spiro atoms. The Balaban J connectivity index is 1.57. The van der Waals surface area contributed by atoms with Crippen molar-refractivity contribution in [2.45, 2.75) is 31.6 Å². The number of dihydropyridines is 1. The highest BCUT2D eigenvalue weighted by atomic mass is 35.5. The second kappa shape index (κ2) is 9.70. The second-order valence-electron chi connectivity index (χ2n) is 9.06. The summed E-state index contributed by atoms with van der Waals surface area (Å²) in [5.74, 6) is -2.95. The maximum absolute atomic E-state index is 14.3. The number of carbonyl (C=O) groups is 2. The molecular formula is C29H23ClF2N2O2. The summed E-state index contributed by atoms with van der Waals surface area (Å²) in [5, 5.41) is 6.32. The Hall–Kier alpha value is -3.77. The lowest BCUT2D eigenvalue weighted by Crippen LogP contribution is -2.37. The molecule has 1 aliphatic heterocycles. The normalized spacial score (nSPS) is 19.6. The predicted octanol–water partition coefficient (Wildman–Crippen LogP) is 6.62. The minimum absolute atomic E-state index is 0.0152. The van der Waals surface area contributed by atoms with Crippen molar-refractivity contribution in [1.82, 2.24) is 5.32 Å². The second-order valence-corrected chi connectivity index (χ2v) is 9.50. The van der Waals surface area contributed by atoms with Gasteiger partial charge in [-0.15, -0.1) is 0 Å². The standard InChI is InChI=1S/C29H23ClF2N2O2/c1-16-26(29(36)34-23-11-10-21(31)15-22(23)32)27(18-8-5-9-20(30)12-18)28-24(33-16)13-19(14-25(28)35)17-6-3-2-4-7-17/h2-12,15,19,27,33H,13-14H2,1H3,(H,34,36)/t19-,27-/m0/s1. The first kappa shape index (κ1) is 23.9. The smallest absolute Gasteiger partial charge is 0.254 e. The van der Waals surface area contributed by atoms with Crippen LogP contribution in [0.1, 0.15) is 42.7 Å². The molecule has 1 amide bonds. The largest absolute Gasteiger partial charge is 0.362 e. The first-order valence-electron chi connectivity index (χ1n) is 11.6. The highest BCUT2D eigenvalue weighted by Gasteiger charge is 2.41. The van der Waals surface area contributed by atoms with E-state index in [1.54, 1.807) is 25.1 Å². The molecule has 1 heterocycles. The van der Waals surface area contributed by atoms with Gasteiger partial charge in [-0.1, -0.05) is 54.1 Å². The zero-order valence-electron chi connectivity index (χ0n) is 19.4. The number of hydrogen-bond donors (Lipinski definition) is 2. The summed E-state index contributed by atoms with van der Waals surface area (Å²) in [4.78, 5) is 27.1. The van der Waals surface area contributed by atoms with E-state index in [1.165, 1.54) is 6.07 Å². The van der Waals surface area contributed by atoms with Crippen LogP contribution in [0.4, 0.5) is 14.5 Å². The lowest BCUT2D eigenvalue weighted by Gasteiger charge is -2.37.